The molecule has 5 nitrogen and oxygen atoms in total. The third-order valence-electron chi connectivity index (χ3n) is 3.68. The molecule has 1 aromatic rings. The summed E-state index contributed by atoms with van der Waals surface area (Å²) in [6.07, 6.45) is 2.25. The molecule has 3 N–H and O–H groups in total. The van der Waals surface area contributed by atoms with Crippen molar-refractivity contribution in [3.63, 3.8) is 0 Å². The summed E-state index contributed by atoms with van der Waals surface area (Å²) >= 11 is 5.62. The number of benzene rings is 1. The van der Waals surface area contributed by atoms with E-state index in [1.807, 2.05) is 0 Å². The van der Waals surface area contributed by atoms with Crippen LogP contribution >= 0.6 is 11.6 Å². The second kappa shape index (κ2) is 6.76. The number of hydrogen-bond donors (Lipinski definition) is 3. The molecule has 1 fully saturated rings. The highest BCUT2D eigenvalue weighted by molar-refractivity contribution is 6.30. The third-order valence-corrected chi connectivity index (χ3v) is 3.92. The predicted octanol–water partition coefficient (Wildman–Crippen LogP) is 3.10. The topological polar surface area (TPSA) is 78.4 Å². The van der Waals surface area contributed by atoms with Crippen molar-refractivity contribution in [2.45, 2.75) is 19.3 Å². The Labute approximate surface area is 126 Å². The zero-order valence-corrected chi connectivity index (χ0v) is 12.0. The van der Waals surface area contributed by atoms with Crippen LogP contribution in [0.2, 0.25) is 5.02 Å². The van der Waals surface area contributed by atoms with Crippen LogP contribution in [-0.4, -0.2) is 23.7 Å². The monoisotopic (exact) mass is 314 g/mol. The molecule has 0 aliphatic heterocycles. The van der Waals surface area contributed by atoms with Gasteiger partial charge in [-0.2, -0.15) is 0 Å². The first-order chi connectivity index (χ1) is 9.97. The van der Waals surface area contributed by atoms with Gasteiger partial charge in [0.1, 0.15) is 5.82 Å². The maximum absolute atomic E-state index is 13.5. The van der Waals surface area contributed by atoms with E-state index >= 15 is 0 Å². The van der Waals surface area contributed by atoms with Gasteiger partial charge in [-0.15, -0.1) is 0 Å². The molecule has 0 spiro atoms. The first-order valence-corrected chi connectivity index (χ1v) is 7.08. The van der Waals surface area contributed by atoms with Gasteiger partial charge in [0, 0.05) is 11.6 Å². The summed E-state index contributed by atoms with van der Waals surface area (Å²) in [7, 11) is 0. The van der Waals surface area contributed by atoms with Crippen molar-refractivity contribution in [2.24, 2.45) is 11.8 Å². The number of urea groups is 1. The smallest absolute Gasteiger partial charge is 0.319 e. The number of carboxylic acid groups (broad SMARTS) is 1. The van der Waals surface area contributed by atoms with Crippen LogP contribution in [0.25, 0.3) is 0 Å². The van der Waals surface area contributed by atoms with Gasteiger partial charge in [0.25, 0.3) is 0 Å². The largest absolute Gasteiger partial charge is 0.481 e. The van der Waals surface area contributed by atoms with Crippen molar-refractivity contribution >= 4 is 29.3 Å². The van der Waals surface area contributed by atoms with Crippen LogP contribution in [0, 0.1) is 17.7 Å². The molecular weight excluding hydrogens is 299 g/mol. The van der Waals surface area contributed by atoms with Crippen molar-refractivity contribution in [3.05, 3.63) is 29.0 Å². The van der Waals surface area contributed by atoms with Crippen molar-refractivity contribution in [3.8, 4) is 0 Å². The molecule has 2 atom stereocenters. The van der Waals surface area contributed by atoms with E-state index in [2.05, 4.69) is 10.6 Å². The summed E-state index contributed by atoms with van der Waals surface area (Å²) in [5.74, 6) is -1.95. The Balaban J connectivity index is 1.86. The van der Waals surface area contributed by atoms with Gasteiger partial charge in [-0.1, -0.05) is 18.0 Å². The lowest BCUT2D eigenvalue weighted by molar-refractivity contribution is -0.142. The standard InChI is InChI=1S/C14H16ClFN2O3/c15-9-4-5-12(11(16)6-9)18-14(21)17-7-8-2-1-3-10(8)13(19)20/h4-6,8,10H,1-3,7H2,(H,19,20)(H2,17,18,21). The third kappa shape index (κ3) is 4.07. The van der Waals surface area contributed by atoms with Gasteiger partial charge < -0.3 is 15.7 Å². The Morgan fingerprint density at radius 1 is 1.38 bits per heavy atom. The fourth-order valence-electron chi connectivity index (χ4n) is 2.59. The minimum Gasteiger partial charge on any atom is -0.481 e. The second-order valence-electron chi connectivity index (χ2n) is 5.09. The number of carboxylic acids is 1. The number of amides is 2. The summed E-state index contributed by atoms with van der Waals surface area (Å²) in [5, 5.41) is 14.3. The fourth-order valence-corrected chi connectivity index (χ4v) is 2.75. The van der Waals surface area contributed by atoms with Gasteiger partial charge in [0.05, 0.1) is 11.6 Å². The van der Waals surface area contributed by atoms with Crippen molar-refractivity contribution < 1.29 is 19.1 Å². The Kier molecular flexibility index (Phi) is 5.01. The van der Waals surface area contributed by atoms with Gasteiger partial charge in [-0.3, -0.25) is 4.79 Å². The van der Waals surface area contributed by atoms with Crippen LogP contribution in [0.15, 0.2) is 18.2 Å². The minimum atomic E-state index is -0.830. The van der Waals surface area contributed by atoms with E-state index in [9.17, 15) is 14.0 Å². The lowest BCUT2D eigenvalue weighted by Gasteiger charge is -2.16. The number of carbonyl (C=O) groups is 2. The van der Waals surface area contributed by atoms with Crippen molar-refractivity contribution in [2.75, 3.05) is 11.9 Å². The van der Waals surface area contributed by atoms with Crippen LogP contribution in [0.3, 0.4) is 0 Å². The zero-order chi connectivity index (χ0) is 15.4. The normalized spacial score (nSPS) is 21.0. The summed E-state index contributed by atoms with van der Waals surface area (Å²) in [6.45, 7) is 0.262. The SMILES string of the molecule is O=C(NCC1CCCC1C(=O)O)Nc1ccc(Cl)cc1F. The number of anilines is 1. The molecule has 0 saturated heterocycles. The highest BCUT2D eigenvalue weighted by Gasteiger charge is 2.32. The summed E-state index contributed by atoms with van der Waals surface area (Å²) < 4.78 is 13.5. The molecule has 0 aromatic heterocycles. The van der Waals surface area contributed by atoms with Gasteiger partial charge in [0.15, 0.2) is 0 Å². The molecule has 0 bridgehead atoms. The first kappa shape index (κ1) is 15.6. The summed E-state index contributed by atoms with van der Waals surface area (Å²) in [6, 6.07) is 3.38. The lowest BCUT2D eigenvalue weighted by Crippen LogP contribution is -2.35. The summed E-state index contributed by atoms with van der Waals surface area (Å²) in [5.41, 5.74) is 0.0260. The van der Waals surface area contributed by atoms with Crippen molar-refractivity contribution in [1.29, 1.82) is 0 Å². The van der Waals surface area contributed by atoms with Crippen LogP contribution in [0.1, 0.15) is 19.3 Å². The van der Waals surface area contributed by atoms with Crippen LogP contribution in [0.5, 0.6) is 0 Å². The van der Waals surface area contributed by atoms with E-state index in [0.717, 1.165) is 18.9 Å². The Morgan fingerprint density at radius 2 is 2.14 bits per heavy atom. The molecule has 21 heavy (non-hydrogen) atoms. The minimum absolute atomic E-state index is 0.0260. The Hall–Kier alpha value is -1.82. The highest BCUT2D eigenvalue weighted by atomic mass is 35.5. The average molecular weight is 315 g/mol. The highest BCUT2D eigenvalue weighted by Crippen LogP contribution is 2.31. The number of rotatable bonds is 4. The summed E-state index contributed by atoms with van der Waals surface area (Å²) in [4.78, 5) is 22.7. The molecule has 7 heteroatoms. The van der Waals surface area contributed by atoms with E-state index in [-0.39, 0.29) is 23.2 Å². The van der Waals surface area contributed by atoms with E-state index in [1.165, 1.54) is 12.1 Å². The Morgan fingerprint density at radius 3 is 2.81 bits per heavy atom. The zero-order valence-electron chi connectivity index (χ0n) is 11.2. The predicted molar refractivity (Wildman–Crippen MR) is 76.9 cm³/mol. The first-order valence-electron chi connectivity index (χ1n) is 6.70. The second-order valence-corrected chi connectivity index (χ2v) is 5.53. The van der Waals surface area contributed by atoms with Crippen LogP contribution in [0.4, 0.5) is 14.9 Å². The van der Waals surface area contributed by atoms with Crippen LogP contribution in [-0.2, 0) is 4.79 Å². The van der Waals surface area contributed by atoms with E-state index in [0.29, 0.717) is 6.42 Å². The molecule has 1 aromatic carbocycles. The molecule has 0 heterocycles. The maximum Gasteiger partial charge on any atom is 0.319 e. The molecule has 1 aliphatic rings. The van der Waals surface area contributed by atoms with Crippen LogP contribution < -0.4 is 10.6 Å². The molecule has 2 unspecified atom stereocenters. The molecule has 0 radical (unpaired) electrons. The number of hydrogen-bond acceptors (Lipinski definition) is 2. The maximum atomic E-state index is 13.5. The Bertz CT molecular complexity index is 553. The molecule has 2 amide bonds. The van der Waals surface area contributed by atoms with E-state index < -0.39 is 23.7 Å². The van der Waals surface area contributed by atoms with Gasteiger partial charge >= 0.3 is 12.0 Å². The number of carbonyl (C=O) groups excluding carboxylic acids is 1. The van der Waals surface area contributed by atoms with E-state index in [4.69, 9.17) is 16.7 Å². The molecule has 1 aliphatic carbocycles. The average Bonchev–Trinajstić information content (AvgIpc) is 2.88. The molecule has 2 rings (SSSR count). The van der Waals surface area contributed by atoms with Crippen molar-refractivity contribution in [1.82, 2.24) is 5.32 Å². The molecular formula is C14H16ClFN2O3. The molecule has 1 saturated carbocycles. The number of halogens is 2. The van der Waals surface area contributed by atoms with Gasteiger partial charge in [-0.05, 0) is 37.0 Å². The quantitative estimate of drug-likeness (QED) is 0.799. The number of aliphatic carboxylic acids is 1. The fraction of sp³-hybridized carbons (Fsp3) is 0.429. The lowest BCUT2D eigenvalue weighted by atomic mass is 9.96. The van der Waals surface area contributed by atoms with E-state index in [1.54, 1.807) is 0 Å². The number of nitrogens with one attached hydrogen (secondary N) is 2. The molecule has 114 valence electrons. The van der Waals surface area contributed by atoms with Gasteiger partial charge in [0.2, 0.25) is 0 Å². The van der Waals surface area contributed by atoms with Gasteiger partial charge in [-0.25, -0.2) is 9.18 Å².